The lowest BCUT2D eigenvalue weighted by atomic mass is 9.85. The molecule has 4 nitrogen and oxygen atoms in total. The standard InChI is InChI=1S/C11H21NO3S/c1-8(2)16(14,15)5-4-11(13)9(3)10-6-12-7-10/h8-10,12H,4-7H2,1-3H3. The molecule has 0 saturated carbocycles. The average molecular weight is 247 g/mol. The van der Waals surface area contributed by atoms with Crippen LogP contribution in [0.25, 0.3) is 0 Å². The zero-order valence-corrected chi connectivity index (χ0v) is 11.0. The van der Waals surface area contributed by atoms with Crippen molar-refractivity contribution >= 4 is 15.6 Å². The number of ketones is 1. The molecule has 1 fully saturated rings. The lowest BCUT2D eigenvalue weighted by Gasteiger charge is -2.31. The molecule has 1 atom stereocenters. The number of sulfone groups is 1. The summed E-state index contributed by atoms with van der Waals surface area (Å²) in [6.07, 6.45) is 0.165. The normalized spacial score (nSPS) is 19.5. The minimum atomic E-state index is -3.08. The van der Waals surface area contributed by atoms with Gasteiger partial charge in [-0.1, -0.05) is 6.92 Å². The Bertz CT molecular complexity index is 344. The van der Waals surface area contributed by atoms with E-state index < -0.39 is 9.84 Å². The van der Waals surface area contributed by atoms with Crippen LogP contribution in [0, 0.1) is 11.8 Å². The van der Waals surface area contributed by atoms with E-state index >= 15 is 0 Å². The van der Waals surface area contributed by atoms with Crippen LogP contribution in [0.2, 0.25) is 0 Å². The van der Waals surface area contributed by atoms with Gasteiger partial charge in [-0.05, 0) is 32.9 Å². The molecule has 0 aliphatic carbocycles. The van der Waals surface area contributed by atoms with Crippen molar-refractivity contribution in [2.45, 2.75) is 32.4 Å². The van der Waals surface area contributed by atoms with Crippen LogP contribution in [0.3, 0.4) is 0 Å². The summed E-state index contributed by atoms with van der Waals surface area (Å²) in [5, 5.41) is 2.73. The molecule has 1 unspecified atom stereocenters. The van der Waals surface area contributed by atoms with Gasteiger partial charge in [-0.2, -0.15) is 0 Å². The first kappa shape index (κ1) is 13.6. The molecule has 1 rings (SSSR count). The maximum atomic E-state index is 11.8. The minimum absolute atomic E-state index is 0.00596. The summed E-state index contributed by atoms with van der Waals surface area (Å²) in [5.74, 6) is 0.460. The summed E-state index contributed by atoms with van der Waals surface area (Å²) in [6.45, 7) is 6.96. The maximum Gasteiger partial charge on any atom is 0.153 e. The van der Waals surface area contributed by atoms with Gasteiger partial charge in [-0.25, -0.2) is 8.42 Å². The van der Waals surface area contributed by atoms with E-state index in [1.165, 1.54) is 0 Å². The predicted octanol–water partition coefficient (Wildman–Crippen LogP) is 0.624. The van der Waals surface area contributed by atoms with Crippen LogP contribution in [-0.4, -0.2) is 38.3 Å². The van der Waals surface area contributed by atoms with Crippen molar-refractivity contribution < 1.29 is 13.2 Å². The molecule has 5 heteroatoms. The van der Waals surface area contributed by atoms with Crippen molar-refractivity contribution in [3.63, 3.8) is 0 Å². The zero-order chi connectivity index (χ0) is 12.3. The van der Waals surface area contributed by atoms with E-state index in [0.29, 0.717) is 5.92 Å². The van der Waals surface area contributed by atoms with Gasteiger partial charge >= 0.3 is 0 Å². The molecule has 0 aromatic carbocycles. The van der Waals surface area contributed by atoms with E-state index in [4.69, 9.17) is 0 Å². The van der Waals surface area contributed by atoms with Crippen LogP contribution in [0.15, 0.2) is 0 Å². The zero-order valence-electron chi connectivity index (χ0n) is 10.2. The summed E-state index contributed by atoms with van der Waals surface area (Å²) in [7, 11) is -3.08. The van der Waals surface area contributed by atoms with Crippen LogP contribution in [0.1, 0.15) is 27.2 Å². The van der Waals surface area contributed by atoms with Gasteiger partial charge in [0.1, 0.15) is 5.78 Å². The highest BCUT2D eigenvalue weighted by Crippen LogP contribution is 2.18. The van der Waals surface area contributed by atoms with Gasteiger partial charge in [0.25, 0.3) is 0 Å². The second-order valence-corrected chi connectivity index (χ2v) is 7.52. The molecule has 1 aliphatic rings. The van der Waals surface area contributed by atoms with E-state index in [1.807, 2.05) is 6.92 Å². The van der Waals surface area contributed by atoms with Gasteiger partial charge in [-0.15, -0.1) is 0 Å². The Morgan fingerprint density at radius 1 is 1.31 bits per heavy atom. The Hall–Kier alpha value is -0.420. The Labute approximate surface area is 97.7 Å². The van der Waals surface area contributed by atoms with E-state index in [2.05, 4.69) is 5.32 Å². The lowest BCUT2D eigenvalue weighted by molar-refractivity contribution is -0.124. The summed E-state index contributed by atoms with van der Waals surface area (Å²) in [5.41, 5.74) is 0. The van der Waals surface area contributed by atoms with Crippen LogP contribution < -0.4 is 5.32 Å². The quantitative estimate of drug-likeness (QED) is 0.747. The SMILES string of the molecule is CC(C(=O)CCS(=O)(=O)C(C)C)C1CNC1. The van der Waals surface area contributed by atoms with E-state index in [9.17, 15) is 13.2 Å². The minimum Gasteiger partial charge on any atom is -0.316 e. The molecule has 0 aromatic rings. The molecular formula is C11H21NO3S. The fourth-order valence-corrected chi connectivity index (χ4v) is 2.59. The first-order valence-corrected chi connectivity index (χ1v) is 7.51. The van der Waals surface area contributed by atoms with Crippen LogP contribution in [-0.2, 0) is 14.6 Å². The molecule has 1 aliphatic heterocycles. The third-order valence-electron chi connectivity index (χ3n) is 3.38. The topological polar surface area (TPSA) is 63.2 Å². The molecule has 1 saturated heterocycles. The van der Waals surface area contributed by atoms with Crippen molar-refractivity contribution in [1.29, 1.82) is 0 Å². The smallest absolute Gasteiger partial charge is 0.153 e. The Kier molecular flexibility index (Phi) is 4.50. The van der Waals surface area contributed by atoms with E-state index in [-0.39, 0.29) is 29.1 Å². The predicted molar refractivity (Wildman–Crippen MR) is 64.1 cm³/mol. The molecule has 0 bridgehead atoms. The van der Waals surface area contributed by atoms with Gasteiger partial charge in [0.2, 0.25) is 0 Å². The van der Waals surface area contributed by atoms with Crippen LogP contribution >= 0.6 is 0 Å². The van der Waals surface area contributed by atoms with Gasteiger partial charge in [0, 0.05) is 12.3 Å². The summed E-state index contributed by atoms with van der Waals surface area (Å²) >= 11 is 0. The number of Topliss-reactive ketones (excluding diaryl/α,β-unsaturated/α-hetero) is 1. The average Bonchev–Trinajstić information content (AvgIpc) is 2.11. The Morgan fingerprint density at radius 2 is 1.88 bits per heavy atom. The molecule has 94 valence electrons. The van der Waals surface area contributed by atoms with Gasteiger partial charge in [0.05, 0.1) is 11.0 Å². The number of hydrogen-bond acceptors (Lipinski definition) is 4. The number of hydrogen-bond donors (Lipinski definition) is 1. The number of nitrogens with one attached hydrogen (secondary N) is 1. The largest absolute Gasteiger partial charge is 0.316 e. The molecule has 16 heavy (non-hydrogen) atoms. The molecule has 0 aromatic heterocycles. The van der Waals surface area contributed by atoms with Crippen molar-refractivity contribution in [3.05, 3.63) is 0 Å². The van der Waals surface area contributed by atoms with E-state index in [1.54, 1.807) is 13.8 Å². The van der Waals surface area contributed by atoms with Crippen molar-refractivity contribution in [2.24, 2.45) is 11.8 Å². The Morgan fingerprint density at radius 3 is 2.25 bits per heavy atom. The third kappa shape index (κ3) is 3.28. The number of rotatable bonds is 6. The van der Waals surface area contributed by atoms with Gasteiger partial charge < -0.3 is 5.32 Å². The maximum absolute atomic E-state index is 11.8. The molecule has 0 spiro atoms. The van der Waals surface area contributed by atoms with Gasteiger partial charge in [-0.3, -0.25) is 4.79 Å². The molecule has 1 heterocycles. The van der Waals surface area contributed by atoms with Gasteiger partial charge in [0.15, 0.2) is 9.84 Å². The number of carbonyl (C=O) groups excluding carboxylic acids is 1. The summed E-state index contributed by atoms with van der Waals surface area (Å²) < 4.78 is 23.1. The highest BCUT2D eigenvalue weighted by atomic mass is 32.2. The van der Waals surface area contributed by atoms with Crippen molar-refractivity contribution in [1.82, 2.24) is 5.32 Å². The molecule has 1 N–H and O–H groups in total. The first-order chi connectivity index (χ1) is 7.34. The fraction of sp³-hybridized carbons (Fsp3) is 0.909. The molecule has 0 radical (unpaired) electrons. The highest BCUT2D eigenvalue weighted by Gasteiger charge is 2.29. The van der Waals surface area contributed by atoms with Crippen molar-refractivity contribution in [2.75, 3.05) is 18.8 Å². The first-order valence-electron chi connectivity index (χ1n) is 5.79. The summed E-state index contributed by atoms with van der Waals surface area (Å²) in [6, 6.07) is 0. The fourth-order valence-electron chi connectivity index (χ4n) is 1.63. The summed E-state index contributed by atoms with van der Waals surface area (Å²) in [4.78, 5) is 11.8. The highest BCUT2D eigenvalue weighted by molar-refractivity contribution is 7.91. The molecule has 0 amide bonds. The third-order valence-corrected chi connectivity index (χ3v) is 5.59. The van der Waals surface area contributed by atoms with Crippen LogP contribution in [0.4, 0.5) is 0 Å². The molecular weight excluding hydrogens is 226 g/mol. The van der Waals surface area contributed by atoms with Crippen molar-refractivity contribution in [3.8, 4) is 0 Å². The van der Waals surface area contributed by atoms with Crippen LogP contribution in [0.5, 0.6) is 0 Å². The monoisotopic (exact) mass is 247 g/mol. The Balaban J connectivity index is 2.40. The number of carbonyl (C=O) groups is 1. The lowest BCUT2D eigenvalue weighted by Crippen LogP contribution is -2.47. The second kappa shape index (κ2) is 5.27. The second-order valence-electron chi connectivity index (χ2n) is 4.84. The van der Waals surface area contributed by atoms with E-state index in [0.717, 1.165) is 13.1 Å².